The van der Waals surface area contributed by atoms with Gasteiger partial charge in [0.15, 0.2) is 0 Å². The van der Waals surface area contributed by atoms with Crippen molar-refractivity contribution in [3.63, 3.8) is 0 Å². The largest absolute Gasteiger partial charge is 0.380 e. The molecule has 0 aromatic rings. The van der Waals surface area contributed by atoms with Crippen molar-refractivity contribution in [1.82, 2.24) is 10.2 Å². The van der Waals surface area contributed by atoms with Crippen molar-refractivity contribution in [3.05, 3.63) is 0 Å². The molecule has 0 radical (unpaired) electrons. The Labute approximate surface area is 119 Å². The van der Waals surface area contributed by atoms with Gasteiger partial charge in [-0.1, -0.05) is 19.8 Å². The van der Waals surface area contributed by atoms with Crippen LogP contribution in [-0.4, -0.2) is 50.8 Å². The third-order valence-corrected chi connectivity index (χ3v) is 5.21. The molecule has 3 heteroatoms. The van der Waals surface area contributed by atoms with Crippen LogP contribution < -0.4 is 5.32 Å². The van der Waals surface area contributed by atoms with E-state index in [2.05, 4.69) is 31.2 Å². The van der Waals surface area contributed by atoms with Gasteiger partial charge in [0, 0.05) is 25.2 Å². The van der Waals surface area contributed by atoms with Crippen molar-refractivity contribution < 1.29 is 4.74 Å². The Kier molecular flexibility index (Phi) is 6.11. The molecule has 4 unspecified atom stereocenters. The van der Waals surface area contributed by atoms with E-state index >= 15 is 0 Å². The van der Waals surface area contributed by atoms with E-state index in [9.17, 15) is 0 Å². The zero-order valence-electron chi connectivity index (χ0n) is 13.0. The molecule has 0 aromatic heterocycles. The predicted octanol–water partition coefficient (Wildman–Crippen LogP) is 2.51. The Morgan fingerprint density at radius 3 is 2.74 bits per heavy atom. The molecular formula is C16H32N2O. The van der Waals surface area contributed by atoms with Gasteiger partial charge in [-0.3, -0.25) is 0 Å². The monoisotopic (exact) mass is 268 g/mol. The van der Waals surface area contributed by atoms with Crippen molar-refractivity contribution in [2.24, 2.45) is 11.8 Å². The van der Waals surface area contributed by atoms with Crippen molar-refractivity contribution in [2.75, 3.05) is 33.9 Å². The third kappa shape index (κ3) is 4.17. The number of ether oxygens (including phenoxy) is 1. The van der Waals surface area contributed by atoms with Gasteiger partial charge in [0.25, 0.3) is 0 Å². The molecule has 0 bridgehead atoms. The van der Waals surface area contributed by atoms with Crippen LogP contribution in [0.3, 0.4) is 0 Å². The highest BCUT2D eigenvalue weighted by atomic mass is 16.5. The number of nitrogens with one attached hydrogen (secondary N) is 1. The number of nitrogens with zero attached hydrogens (tertiary/aromatic N) is 1. The first-order valence-corrected chi connectivity index (χ1v) is 8.19. The summed E-state index contributed by atoms with van der Waals surface area (Å²) in [6.45, 7) is 5.44. The lowest BCUT2D eigenvalue weighted by atomic mass is 9.76. The third-order valence-electron chi connectivity index (χ3n) is 5.21. The molecular weight excluding hydrogens is 236 g/mol. The first kappa shape index (κ1) is 15.3. The van der Waals surface area contributed by atoms with Crippen LogP contribution in [0.1, 0.15) is 45.4 Å². The van der Waals surface area contributed by atoms with E-state index in [1.807, 2.05) is 0 Å². The molecule has 0 aromatic carbocycles. The normalized spacial score (nSPS) is 36.0. The lowest BCUT2D eigenvalue weighted by Crippen LogP contribution is -2.46. The summed E-state index contributed by atoms with van der Waals surface area (Å²) in [5, 5.41) is 3.55. The van der Waals surface area contributed by atoms with Crippen molar-refractivity contribution >= 4 is 0 Å². The minimum Gasteiger partial charge on any atom is -0.380 e. The molecule has 112 valence electrons. The van der Waals surface area contributed by atoms with Crippen LogP contribution in [0.15, 0.2) is 0 Å². The lowest BCUT2D eigenvalue weighted by Gasteiger charge is -2.39. The summed E-state index contributed by atoms with van der Waals surface area (Å²) in [6.07, 6.45) is 8.17. The Hall–Kier alpha value is -0.120. The van der Waals surface area contributed by atoms with Gasteiger partial charge in [-0.25, -0.2) is 0 Å². The van der Waals surface area contributed by atoms with Gasteiger partial charge in [-0.15, -0.1) is 0 Å². The topological polar surface area (TPSA) is 24.5 Å². The van der Waals surface area contributed by atoms with Crippen LogP contribution >= 0.6 is 0 Å². The highest BCUT2D eigenvalue weighted by Crippen LogP contribution is 2.33. The fourth-order valence-electron chi connectivity index (χ4n) is 4.00. The lowest BCUT2D eigenvalue weighted by molar-refractivity contribution is 0.115. The number of likely N-dealkylation sites (N-methyl/N-ethyl adjacent to an activating group) is 1. The van der Waals surface area contributed by atoms with E-state index in [0.717, 1.165) is 31.1 Å². The summed E-state index contributed by atoms with van der Waals surface area (Å²) in [6, 6.07) is 1.38. The fourth-order valence-corrected chi connectivity index (χ4v) is 4.00. The molecule has 1 saturated carbocycles. The molecule has 2 rings (SSSR count). The minimum atomic E-state index is 0.657. The van der Waals surface area contributed by atoms with Crippen LogP contribution in [-0.2, 0) is 4.74 Å². The van der Waals surface area contributed by atoms with Gasteiger partial charge >= 0.3 is 0 Å². The first-order valence-electron chi connectivity index (χ1n) is 8.19. The van der Waals surface area contributed by atoms with Gasteiger partial charge in [-0.2, -0.15) is 0 Å². The molecule has 3 nitrogen and oxygen atoms in total. The van der Waals surface area contributed by atoms with E-state index in [0.29, 0.717) is 6.04 Å². The molecule has 1 heterocycles. The Morgan fingerprint density at radius 1 is 1.26 bits per heavy atom. The standard InChI is InChI=1S/C16H32N2O/c1-4-5-13-6-7-16(17-2)14(10-13)11-18(3)15-8-9-19-12-15/h13-17H,4-12H2,1-3H3. The summed E-state index contributed by atoms with van der Waals surface area (Å²) >= 11 is 0. The maximum Gasteiger partial charge on any atom is 0.0622 e. The van der Waals surface area contributed by atoms with Crippen LogP contribution in [0.5, 0.6) is 0 Å². The second-order valence-corrected chi connectivity index (χ2v) is 6.58. The number of rotatable bonds is 6. The zero-order valence-corrected chi connectivity index (χ0v) is 13.0. The van der Waals surface area contributed by atoms with E-state index in [1.54, 1.807) is 0 Å². The van der Waals surface area contributed by atoms with Gasteiger partial charge < -0.3 is 15.0 Å². The second-order valence-electron chi connectivity index (χ2n) is 6.58. The van der Waals surface area contributed by atoms with Crippen LogP contribution in [0.25, 0.3) is 0 Å². The van der Waals surface area contributed by atoms with Gasteiger partial charge in [0.1, 0.15) is 0 Å². The predicted molar refractivity (Wildman–Crippen MR) is 80.4 cm³/mol. The van der Waals surface area contributed by atoms with Gasteiger partial charge in [0.05, 0.1) is 6.61 Å². The molecule has 0 amide bonds. The van der Waals surface area contributed by atoms with Crippen LogP contribution in [0.4, 0.5) is 0 Å². The summed E-state index contributed by atoms with van der Waals surface area (Å²) in [5.74, 6) is 1.79. The maximum absolute atomic E-state index is 5.52. The van der Waals surface area contributed by atoms with Gasteiger partial charge in [0.2, 0.25) is 0 Å². The summed E-state index contributed by atoms with van der Waals surface area (Å²) in [4.78, 5) is 2.55. The minimum absolute atomic E-state index is 0.657. The highest BCUT2D eigenvalue weighted by Gasteiger charge is 2.31. The Balaban J connectivity index is 1.86. The van der Waals surface area contributed by atoms with Crippen LogP contribution in [0.2, 0.25) is 0 Å². The summed E-state index contributed by atoms with van der Waals surface area (Å²) in [7, 11) is 4.42. The van der Waals surface area contributed by atoms with Crippen molar-refractivity contribution in [2.45, 2.75) is 57.5 Å². The number of hydrogen-bond acceptors (Lipinski definition) is 3. The molecule has 19 heavy (non-hydrogen) atoms. The average molecular weight is 268 g/mol. The molecule has 1 N–H and O–H groups in total. The quantitative estimate of drug-likeness (QED) is 0.801. The first-order chi connectivity index (χ1) is 9.24. The molecule has 0 spiro atoms. The van der Waals surface area contributed by atoms with E-state index in [-0.39, 0.29) is 0 Å². The van der Waals surface area contributed by atoms with Crippen LogP contribution in [0, 0.1) is 11.8 Å². The molecule has 2 fully saturated rings. The molecule has 2 aliphatic rings. The highest BCUT2D eigenvalue weighted by molar-refractivity contribution is 4.87. The summed E-state index contributed by atoms with van der Waals surface area (Å²) < 4.78 is 5.52. The molecule has 1 aliphatic heterocycles. The van der Waals surface area contributed by atoms with E-state index in [4.69, 9.17) is 4.74 Å². The van der Waals surface area contributed by atoms with Crippen molar-refractivity contribution in [3.8, 4) is 0 Å². The van der Waals surface area contributed by atoms with E-state index in [1.165, 1.54) is 45.1 Å². The molecule has 1 aliphatic carbocycles. The Bertz CT molecular complexity index is 253. The Morgan fingerprint density at radius 2 is 2.11 bits per heavy atom. The van der Waals surface area contributed by atoms with Crippen molar-refractivity contribution in [1.29, 1.82) is 0 Å². The fraction of sp³-hybridized carbons (Fsp3) is 1.00. The SMILES string of the molecule is CCCC1CCC(NC)C(CN(C)C2CCOC2)C1. The average Bonchev–Trinajstić information content (AvgIpc) is 2.93. The zero-order chi connectivity index (χ0) is 13.7. The molecule has 4 atom stereocenters. The number of hydrogen-bond donors (Lipinski definition) is 1. The maximum atomic E-state index is 5.52. The second kappa shape index (κ2) is 7.61. The summed E-state index contributed by atoms with van der Waals surface area (Å²) in [5.41, 5.74) is 0. The smallest absolute Gasteiger partial charge is 0.0622 e. The van der Waals surface area contributed by atoms with Gasteiger partial charge in [-0.05, 0) is 51.6 Å². The van der Waals surface area contributed by atoms with E-state index < -0.39 is 0 Å². The molecule has 1 saturated heterocycles.